The van der Waals surface area contributed by atoms with Gasteiger partial charge in [-0.2, -0.15) is 0 Å². The van der Waals surface area contributed by atoms with Gasteiger partial charge < -0.3 is 20.1 Å². The van der Waals surface area contributed by atoms with E-state index in [1.807, 2.05) is 44.2 Å². The first-order valence-electron chi connectivity index (χ1n) is 7.58. The van der Waals surface area contributed by atoms with Crippen molar-refractivity contribution < 1.29 is 9.47 Å². The zero-order valence-corrected chi connectivity index (χ0v) is 15.6. The number of hydrogen-bond acceptors (Lipinski definition) is 3. The summed E-state index contributed by atoms with van der Waals surface area (Å²) in [5.41, 5.74) is 3.00. The SMILES string of the molecule is COc1ccc(OCCNC(=S)Nc2c(C)cc(C)cc2Cl)cc1. The topological polar surface area (TPSA) is 42.5 Å². The highest BCUT2D eigenvalue weighted by Gasteiger charge is 2.07. The third-order valence-electron chi connectivity index (χ3n) is 3.39. The van der Waals surface area contributed by atoms with Crippen LogP contribution < -0.4 is 20.1 Å². The fraction of sp³-hybridized carbons (Fsp3) is 0.278. The lowest BCUT2D eigenvalue weighted by molar-refractivity contribution is 0.322. The van der Waals surface area contributed by atoms with Gasteiger partial charge in [-0.3, -0.25) is 0 Å². The van der Waals surface area contributed by atoms with Gasteiger partial charge in [-0.15, -0.1) is 0 Å². The maximum Gasteiger partial charge on any atom is 0.170 e. The van der Waals surface area contributed by atoms with Crippen molar-refractivity contribution in [3.05, 3.63) is 52.5 Å². The third kappa shape index (κ3) is 5.28. The van der Waals surface area contributed by atoms with Crippen LogP contribution in [0.5, 0.6) is 11.5 Å². The molecule has 0 aliphatic carbocycles. The summed E-state index contributed by atoms with van der Waals surface area (Å²) in [6.45, 7) is 5.08. The number of ether oxygens (including phenoxy) is 2. The Bertz CT molecular complexity index is 682. The van der Waals surface area contributed by atoms with Crippen molar-refractivity contribution in [3.8, 4) is 11.5 Å². The van der Waals surface area contributed by atoms with Gasteiger partial charge in [0.05, 0.1) is 24.4 Å². The molecule has 0 aliphatic rings. The van der Waals surface area contributed by atoms with Gasteiger partial charge in [-0.1, -0.05) is 17.7 Å². The van der Waals surface area contributed by atoms with Crippen LogP contribution in [0.3, 0.4) is 0 Å². The van der Waals surface area contributed by atoms with Crippen LogP contribution in [0.4, 0.5) is 5.69 Å². The Balaban J connectivity index is 1.77. The van der Waals surface area contributed by atoms with Crippen LogP contribution in [0.2, 0.25) is 5.02 Å². The van der Waals surface area contributed by atoms with Crippen molar-refractivity contribution in [1.82, 2.24) is 5.32 Å². The van der Waals surface area contributed by atoms with E-state index in [9.17, 15) is 0 Å². The van der Waals surface area contributed by atoms with Crippen molar-refractivity contribution >= 4 is 34.6 Å². The zero-order valence-electron chi connectivity index (χ0n) is 14.0. The predicted octanol–water partition coefficient (Wildman–Crippen LogP) is 4.33. The Morgan fingerprint density at radius 1 is 1.12 bits per heavy atom. The molecule has 0 radical (unpaired) electrons. The molecule has 2 aromatic carbocycles. The Kier molecular flexibility index (Phi) is 6.70. The molecule has 0 saturated heterocycles. The van der Waals surface area contributed by atoms with Crippen LogP contribution in [-0.2, 0) is 0 Å². The fourth-order valence-electron chi connectivity index (χ4n) is 2.24. The van der Waals surface area contributed by atoms with E-state index in [4.69, 9.17) is 33.3 Å². The van der Waals surface area contributed by atoms with E-state index in [1.165, 1.54) is 0 Å². The summed E-state index contributed by atoms with van der Waals surface area (Å²) in [7, 11) is 1.63. The molecule has 4 nitrogen and oxygen atoms in total. The van der Waals surface area contributed by atoms with E-state index in [1.54, 1.807) is 7.11 Å². The molecule has 0 saturated carbocycles. The van der Waals surface area contributed by atoms with E-state index < -0.39 is 0 Å². The van der Waals surface area contributed by atoms with Gasteiger partial charge in [0.15, 0.2) is 5.11 Å². The molecule has 0 atom stereocenters. The minimum absolute atomic E-state index is 0.495. The highest BCUT2D eigenvalue weighted by Crippen LogP contribution is 2.27. The summed E-state index contributed by atoms with van der Waals surface area (Å²) in [4.78, 5) is 0. The van der Waals surface area contributed by atoms with Gasteiger partial charge in [0.25, 0.3) is 0 Å². The number of aryl methyl sites for hydroxylation is 2. The van der Waals surface area contributed by atoms with Crippen LogP contribution in [0.15, 0.2) is 36.4 Å². The summed E-state index contributed by atoms with van der Waals surface area (Å²) in [6, 6.07) is 11.4. The molecule has 0 spiro atoms. The molecular formula is C18H21ClN2O2S. The molecule has 0 amide bonds. The Morgan fingerprint density at radius 2 is 1.79 bits per heavy atom. The van der Waals surface area contributed by atoms with E-state index in [2.05, 4.69) is 16.7 Å². The van der Waals surface area contributed by atoms with Crippen molar-refractivity contribution in [3.63, 3.8) is 0 Å². The van der Waals surface area contributed by atoms with Crippen molar-refractivity contribution in [2.45, 2.75) is 13.8 Å². The molecular weight excluding hydrogens is 344 g/mol. The van der Waals surface area contributed by atoms with E-state index >= 15 is 0 Å². The van der Waals surface area contributed by atoms with E-state index in [0.29, 0.717) is 23.3 Å². The normalized spacial score (nSPS) is 10.2. The van der Waals surface area contributed by atoms with Crippen molar-refractivity contribution in [1.29, 1.82) is 0 Å². The maximum absolute atomic E-state index is 6.26. The maximum atomic E-state index is 6.26. The number of benzene rings is 2. The summed E-state index contributed by atoms with van der Waals surface area (Å²) in [5.74, 6) is 1.59. The Hall–Kier alpha value is -1.98. The summed E-state index contributed by atoms with van der Waals surface area (Å²) < 4.78 is 10.7. The monoisotopic (exact) mass is 364 g/mol. The van der Waals surface area contributed by atoms with Gasteiger partial charge in [-0.25, -0.2) is 0 Å². The second-order valence-corrected chi connectivity index (χ2v) is 6.16. The Labute approximate surface area is 153 Å². The lowest BCUT2D eigenvalue weighted by Gasteiger charge is -2.15. The first-order valence-corrected chi connectivity index (χ1v) is 8.36. The standard InChI is InChI=1S/C18H21ClN2O2S/c1-12-10-13(2)17(16(19)11-12)21-18(24)20-8-9-23-15-6-4-14(22-3)5-7-15/h4-7,10-11H,8-9H2,1-3H3,(H2,20,21,24). The average Bonchev–Trinajstić information content (AvgIpc) is 2.55. The molecule has 2 N–H and O–H groups in total. The van der Waals surface area contributed by atoms with Gasteiger partial charge in [0, 0.05) is 0 Å². The predicted molar refractivity (Wildman–Crippen MR) is 104 cm³/mol. The van der Waals surface area contributed by atoms with Gasteiger partial charge in [-0.05, 0) is 67.5 Å². The molecule has 0 unspecified atom stereocenters. The minimum atomic E-state index is 0.495. The molecule has 2 aromatic rings. The van der Waals surface area contributed by atoms with Crippen LogP contribution >= 0.6 is 23.8 Å². The number of nitrogens with one attached hydrogen (secondary N) is 2. The number of thiocarbonyl (C=S) groups is 1. The Morgan fingerprint density at radius 3 is 2.42 bits per heavy atom. The average molecular weight is 365 g/mol. The number of hydrogen-bond donors (Lipinski definition) is 2. The molecule has 0 bridgehead atoms. The van der Waals surface area contributed by atoms with Gasteiger partial charge >= 0.3 is 0 Å². The van der Waals surface area contributed by atoms with Gasteiger partial charge in [0.1, 0.15) is 18.1 Å². The second kappa shape index (κ2) is 8.76. The quantitative estimate of drug-likeness (QED) is 0.590. The second-order valence-electron chi connectivity index (χ2n) is 5.34. The lowest BCUT2D eigenvalue weighted by atomic mass is 10.1. The van der Waals surface area contributed by atoms with Gasteiger partial charge in [0.2, 0.25) is 0 Å². The molecule has 0 aliphatic heterocycles. The first kappa shape index (κ1) is 18.4. The molecule has 0 heterocycles. The molecule has 0 fully saturated rings. The highest BCUT2D eigenvalue weighted by atomic mass is 35.5. The minimum Gasteiger partial charge on any atom is -0.497 e. The molecule has 2 rings (SSSR count). The largest absolute Gasteiger partial charge is 0.497 e. The molecule has 24 heavy (non-hydrogen) atoms. The first-order chi connectivity index (χ1) is 11.5. The van der Waals surface area contributed by atoms with Crippen LogP contribution in [0, 0.1) is 13.8 Å². The number of methoxy groups -OCH3 is 1. The fourth-order valence-corrected chi connectivity index (χ4v) is 2.81. The van der Waals surface area contributed by atoms with E-state index in [-0.39, 0.29) is 0 Å². The molecule has 6 heteroatoms. The van der Waals surface area contributed by atoms with Crippen molar-refractivity contribution in [2.24, 2.45) is 0 Å². The number of anilines is 1. The van der Waals surface area contributed by atoms with E-state index in [0.717, 1.165) is 28.3 Å². The summed E-state index contributed by atoms with van der Waals surface area (Å²) in [6.07, 6.45) is 0. The highest BCUT2D eigenvalue weighted by molar-refractivity contribution is 7.80. The van der Waals surface area contributed by atoms with Crippen LogP contribution in [0.25, 0.3) is 0 Å². The molecule has 128 valence electrons. The smallest absolute Gasteiger partial charge is 0.170 e. The van der Waals surface area contributed by atoms with Crippen LogP contribution in [-0.4, -0.2) is 25.4 Å². The zero-order chi connectivity index (χ0) is 17.5. The number of halogens is 1. The summed E-state index contributed by atoms with van der Waals surface area (Å²) in [5, 5.41) is 7.42. The van der Waals surface area contributed by atoms with Crippen LogP contribution in [0.1, 0.15) is 11.1 Å². The van der Waals surface area contributed by atoms with Crippen molar-refractivity contribution in [2.75, 3.05) is 25.6 Å². The number of rotatable bonds is 6. The third-order valence-corrected chi connectivity index (χ3v) is 3.93. The lowest BCUT2D eigenvalue weighted by Crippen LogP contribution is -2.32. The summed E-state index contributed by atoms with van der Waals surface area (Å²) >= 11 is 11.6. The molecule has 0 aromatic heterocycles.